The van der Waals surface area contributed by atoms with E-state index < -0.39 is 6.09 Å². The Bertz CT molecular complexity index is 1370. The molecule has 4 aromatic rings. The number of methoxy groups -OCH3 is 3. The monoisotopic (exact) mass is 475 g/mol. The van der Waals surface area contributed by atoms with Crippen molar-refractivity contribution in [2.24, 2.45) is 0 Å². The molecule has 0 saturated heterocycles. The molecule has 0 saturated carbocycles. The number of nitrogens with zero attached hydrogens (tertiary/aromatic N) is 1. The molecule has 0 aliphatic heterocycles. The maximum absolute atomic E-state index is 11.9. The maximum Gasteiger partial charge on any atom is 0.407 e. The first-order valence-electron chi connectivity index (χ1n) is 11.2. The fourth-order valence-electron chi connectivity index (χ4n) is 3.82. The van der Waals surface area contributed by atoms with Gasteiger partial charge < -0.3 is 29.6 Å². The van der Waals surface area contributed by atoms with Crippen LogP contribution in [0.1, 0.15) is 19.4 Å². The third kappa shape index (κ3) is 5.32. The summed E-state index contributed by atoms with van der Waals surface area (Å²) < 4.78 is 21.8. The summed E-state index contributed by atoms with van der Waals surface area (Å²) in [4.78, 5) is 16.7. The maximum atomic E-state index is 11.9. The Balaban J connectivity index is 1.77. The molecular formula is C27H29N3O5. The van der Waals surface area contributed by atoms with Gasteiger partial charge in [-0.3, -0.25) is 0 Å². The summed E-state index contributed by atoms with van der Waals surface area (Å²) in [6.07, 6.45) is -0.447. The molecule has 8 heteroatoms. The van der Waals surface area contributed by atoms with Gasteiger partial charge in [0.1, 0.15) is 12.4 Å². The summed E-state index contributed by atoms with van der Waals surface area (Å²) in [7, 11) is 4.84. The second-order valence-electron chi connectivity index (χ2n) is 8.29. The van der Waals surface area contributed by atoms with E-state index in [9.17, 15) is 4.79 Å². The molecule has 0 fully saturated rings. The Morgan fingerprint density at radius 1 is 0.886 bits per heavy atom. The number of nitrogens with one attached hydrogen (secondary N) is 2. The van der Waals surface area contributed by atoms with Crippen molar-refractivity contribution in [3.63, 3.8) is 0 Å². The van der Waals surface area contributed by atoms with Gasteiger partial charge in [-0.1, -0.05) is 12.1 Å². The topological polar surface area (TPSA) is 90.9 Å². The van der Waals surface area contributed by atoms with E-state index in [1.54, 1.807) is 21.3 Å². The number of carbonyl (C=O) groups excluding carboxylic acids is 1. The van der Waals surface area contributed by atoms with Gasteiger partial charge >= 0.3 is 6.09 Å². The molecule has 1 amide bonds. The number of hydrogen-bond donors (Lipinski definition) is 2. The van der Waals surface area contributed by atoms with Gasteiger partial charge in [-0.25, -0.2) is 9.78 Å². The number of benzene rings is 3. The molecule has 0 aliphatic carbocycles. The normalized spacial score (nSPS) is 10.9. The number of alkyl carbamates (subject to hydrolysis) is 1. The van der Waals surface area contributed by atoms with Crippen LogP contribution >= 0.6 is 0 Å². The number of hydrogen-bond acceptors (Lipinski definition) is 7. The highest BCUT2D eigenvalue weighted by molar-refractivity contribution is 6.09. The SMILES string of the molecule is COc1ccc2nc3cc(OC)c(OC)cc3c(Nc3cccc(COC(=O)NC(C)C)c3)c2c1. The van der Waals surface area contributed by atoms with Gasteiger partial charge in [0.25, 0.3) is 0 Å². The zero-order chi connectivity index (χ0) is 24.9. The van der Waals surface area contributed by atoms with Crippen LogP contribution in [0.2, 0.25) is 0 Å². The van der Waals surface area contributed by atoms with E-state index >= 15 is 0 Å². The fraction of sp³-hybridized carbons (Fsp3) is 0.259. The van der Waals surface area contributed by atoms with Gasteiger partial charge in [0.2, 0.25) is 0 Å². The highest BCUT2D eigenvalue weighted by Gasteiger charge is 2.15. The van der Waals surface area contributed by atoms with Gasteiger partial charge in [0, 0.05) is 28.6 Å². The lowest BCUT2D eigenvalue weighted by Gasteiger charge is -2.17. The molecule has 2 N–H and O–H groups in total. The average Bonchev–Trinajstić information content (AvgIpc) is 2.86. The molecule has 4 rings (SSSR count). The van der Waals surface area contributed by atoms with Crippen LogP contribution < -0.4 is 24.8 Å². The molecule has 0 atom stereocenters. The van der Waals surface area contributed by atoms with Crippen molar-refractivity contribution >= 4 is 39.3 Å². The van der Waals surface area contributed by atoms with E-state index in [1.807, 2.05) is 68.4 Å². The van der Waals surface area contributed by atoms with Crippen LogP contribution in [0.15, 0.2) is 54.6 Å². The van der Waals surface area contributed by atoms with Crippen LogP contribution in [0, 0.1) is 0 Å². The lowest BCUT2D eigenvalue weighted by Crippen LogP contribution is -2.30. The Morgan fingerprint density at radius 2 is 1.63 bits per heavy atom. The number of pyridine rings is 1. The van der Waals surface area contributed by atoms with Gasteiger partial charge in [-0.2, -0.15) is 0 Å². The van der Waals surface area contributed by atoms with Crippen molar-refractivity contribution in [3.05, 3.63) is 60.2 Å². The van der Waals surface area contributed by atoms with Gasteiger partial charge in [-0.05, 0) is 55.8 Å². The summed E-state index contributed by atoms with van der Waals surface area (Å²) in [5.74, 6) is 1.93. The minimum absolute atomic E-state index is 0.0105. The molecule has 182 valence electrons. The molecule has 8 nitrogen and oxygen atoms in total. The zero-order valence-corrected chi connectivity index (χ0v) is 20.5. The molecule has 0 aliphatic rings. The van der Waals surface area contributed by atoms with E-state index in [2.05, 4.69) is 10.6 Å². The van der Waals surface area contributed by atoms with Crippen LogP contribution in [0.25, 0.3) is 21.8 Å². The van der Waals surface area contributed by atoms with Gasteiger partial charge in [-0.15, -0.1) is 0 Å². The van der Waals surface area contributed by atoms with Crippen LogP contribution in [0.3, 0.4) is 0 Å². The summed E-state index contributed by atoms with van der Waals surface area (Å²) >= 11 is 0. The molecule has 35 heavy (non-hydrogen) atoms. The molecule has 1 heterocycles. The number of aromatic nitrogens is 1. The van der Waals surface area contributed by atoms with E-state index in [-0.39, 0.29) is 12.6 Å². The molecule has 0 unspecified atom stereocenters. The number of carbonyl (C=O) groups is 1. The fourth-order valence-corrected chi connectivity index (χ4v) is 3.82. The summed E-state index contributed by atoms with van der Waals surface area (Å²) in [5, 5.41) is 8.02. The third-order valence-corrected chi connectivity index (χ3v) is 5.46. The third-order valence-electron chi connectivity index (χ3n) is 5.46. The van der Waals surface area contributed by atoms with Crippen molar-refractivity contribution in [3.8, 4) is 17.2 Å². The quantitative estimate of drug-likeness (QED) is 0.312. The Kier molecular flexibility index (Phi) is 7.10. The first-order valence-corrected chi connectivity index (χ1v) is 11.2. The van der Waals surface area contributed by atoms with E-state index in [0.29, 0.717) is 11.5 Å². The summed E-state index contributed by atoms with van der Waals surface area (Å²) in [5.41, 5.74) is 4.10. The van der Waals surface area contributed by atoms with Crippen LogP contribution in [0.4, 0.5) is 16.2 Å². The molecule has 3 aromatic carbocycles. The Hall–Kier alpha value is -4.20. The standard InChI is InChI=1S/C27H29N3O5/c1-16(2)28-27(31)35-15-17-7-6-8-18(11-17)29-26-20-12-19(32-3)9-10-22(20)30-23-14-25(34-5)24(33-4)13-21(23)26/h6-14,16H,15H2,1-5H3,(H,28,31)(H,29,30). The predicted molar refractivity (Wildman–Crippen MR) is 137 cm³/mol. The summed E-state index contributed by atoms with van der Waals surface area (Å²) in [6, 6.07) is 17.3. The lowest BCUT2D eigenvalue weighted by atomic mass is 10.1. The Morgan fingerprint density at radius 3 is 2.34 bits per heavy atom. The van der Waals surface area contributed by atoms with Crippen molar-refractivity contribution in [2.75, 3.05) is 26.6 Å². The van der Waals surface area contributed by atoms with Crippen LogP contribution in [-0.4, -0.2) is 38.4 Å². The lowest BCUT2D eigenvalue weighted by molar-refractivity contribution is 0.137. The van der Waals surface area contributed by atoms with Crippen molar-refractivity contribution in [1.29, 1.82) is 0 Å². The highest BCUT2D eigenvalue weighted by atomic mass is 16.5. The molecule has 0 spiro atoms. The molecule has 1 aromatic heterocycles. The Labute approximate surface area is 204 Å². The minimum atomic E-state index is -0.447. The largest absolute Gasteiger partial charge is 0.497 e. The minimum Gasteiger partial charge on any atom is -0.497 e. The van der Waals surface area contributed by atoms with Crippen molar-refractivity contribution < 1.29 is 23.7 Å². The number of amides is 1. The number of ether oxygens (including phenoxy) is 4. The van der Waals surface area contributed by atoms with Crippen molar-refractivity contribution in [1.82, 2.24) is 10.3 Å². The van der Waals surface area contributed by atoms with Gasteiger partial charge in [0.15, 0.2) is 11.5 Å². The molecular weight excluding hydrogens is 446 g/mol. The van der Waals surface area contributed by atoms with Crippen molar-refractivity contribution in [2.45, 2.75) is 26.5 Å². The smallest absolute Gasteiger partial charge is 0.407 e. The first-order chi connectivity index (χ1) is 16.9. The molecule has 0 bridgehead atoms. The second kappa shape index (κ2) is 10.4. The predicted octanol–water partition coefficient (Wildman–Crippen LogP) is 5.79. The van der Waals surface area contributed by atoms with E-state index in [0.717, 1.165) is 44.5 Å². The second-order valence-corrected chi connectivity index (χ2v) is 8.29. The number of anilines is 2. The van der Waals surface area contributed by atoms with Gasteiger partial charge in [0.05, 0.1) is 38.1 Å². The average molecular weight is 476 g/mol. The molecule has 0 radical (unpaired) electrons. The first kappa shape index (κ1) is 23.9. The number of fused-ring (bicyclic) bond motifs is 2. The van der Waals surface area contributed by atoms with Crippen LogP contribution in [0.5, 0.6) is 17.2 Å². The van der Waals surface area contributed by atoms with E-state index in [1.165, 1.54) is 0 Å². The summed E-state index contributed by atoms with van der Waals surface area (Å²) in [6.45, 7) is 3.92. The highest BCUT2D eigenvalue weighted by Crippen LogP contribution is 2.40. The van der Waals surface area contributed by atoms with Crippen LogP contribution in [-0.2, 0) is 11.3 Å². The zero-order valence-electron chi connectivity index (χ0n) is 20.5. The van der Waals surface area contributed by atoms with E-state index in [4.69, 9.17) is 23.9 Å². The number of rotatable bonds is 8.